The van der Waals surface area contributed by atoms with Crippen LogP contribution in [0.4, 0.5) is 5.82 Å². The van der Waals surface area contributed by atoms with Crippen LogP contribution in [0.25, 0.3) is 0 Å². The van der Waals surface area contributed by atoms with Crippen molar-refractivity contribution in [2.45, 2.75) is 33.4 Å². The molecule has 9 heteroatoms. The fraction of sp³-hybridized carbons (Fsp3) is 0.579. The number of pyridine rings is 1. The fourth-order valence-electron chi connectivity index (χ4n) is 2.43. The minimum atomic E-state index is 0.486. The lowest BCUT2D eigenvalue weighted by Gasteiger charge is -2.14. The van der Waals surface area contributed by atoms with Gasteiger partial charge >= 0.3 is 0 Å². The van der Waals surface area contributed by atoms with Crippen molar-refractivity contribution in [1.82, 2.24) is 30.4 Å². The number of anilines is 1. The molecule has 28 heavy (non-hydrogen) atoms. The van der Waals surface area contributed by atoms with Gasteiger partial charge in [0.1, 0.15) is 11.6 Å². The zero-order valence-corrected chi connectivity index (χ0v) is 17.6. The van der Waals surface area contributed by atoms with E-state index in [1.165, 1.54) is 0 Å². The molecule has 0 atom stereocenters. The Labute approximate surface area is 167 Å². The second-order valence-corrected chi connectivity index (χ2v) is 6.60. The summed E-state index contributed by atoms with van der Waals surface area (Å²) in [4.78, 5) is 11.3. The highest BCUT2D eigenvalue weighted by molar-refractivity contribution is 5.79. The number of aromatic nitrogens is 4. The summed E-state index contributed by atoms with van der Waals surface area (Å²) < 4.78 is 7.35. The molecular weight excluding hydrogens is 356 g/mol. The van der Waals surface area contributed by atoms with Gasteiger partial charge in [0.05, 0.1) is 18.8 Å². The van der Waals surface area contributed by atoms with Crippen LogP contribution in [-0.4, -0.2) is 59.6 Å². The number of guanidine groups is 1. The number of nitrogens with zero attached hydrogens (tertiary/aromatic N) is 6. The Hall–Kier alpha value is -2.68. The van der Waals surface area contributed by atoms with Crippen LogP contribution in [0, 0.1) is 6.92 Å². The molecule has 2 heterocycles. The first-order valence-corrected chi connectivity index (χ1v) is 9.59. The molecule has 0 fully saturated rings. The SMILES string of the molecule is CCOCCCNC(=NCc1cccc(N(C)C)n1)NCc1nnc(C)n1C. The smallest absolute Gasteiger partial charge is 0.192 e. The van der Waals surface area contributed by atoms with Crippen molar-refractivity contribution < 1.29 is 4.74 Å². The summed E-state index contributed by atoms with van der Waals surface area (Å²) in [6.45, 7) is 7.19. The highest BCUT2D eigenvalue weighted by atomic mass is 16.5. The molecule has 154 valence electrons. The Kier molecular flexibility index (Phi) is 8.67. The number of aliphatic imine (C=N–C) groups is 1. The lowest BCUT2D eigenvalue weighted by Crippen LogP contribution is -2.38. The number of hydrogen-bond acceptors (Lipinski definition) is 6. The number of aryl methyl sites for hydroxylation is 1. The maximum absolute atomic E-state index is 5.39. The van der Waals surface area contributed by atoms with Crippen LogP contribution in [0.5, 0.6) is 0 Å². The molecule has 0 saturated carbocycles. The molecule has 0 spiro atoms. The van der Waals surface area contributed by atoms with Crippen molar-refractivity contribution in [2.24, 2.45) is 12.0 Å². The maximum Gasteiger partial charge on any atom is 0.192 e. The van der Waals surface area contributed by atoms with Gasteiger partial charge in [0, 0.05) is 40.9 Å². The molecular formula is C19H32N8O. The van der Waals surface area contributed by atoms with Crippen LogP contribution in [0.15, 0.2) is 23.2 Å². The van der Waals surface area contributed by atoms with Gasteiger partial charge in [0.15, 0.2) is 11.8 Å². The van der Waals surface area contributed by atoms with Crippen molar-refractivity contribution in [1.29, 1.82) is 0 Å². The van der Waals surface area contributed by atoms with Gasteiger partial charge in [-0.05, 0) is 32.4 Å². The van der Waals surface area contributed by atoms with Gasteiger partial charge in [-0.2, -0.15) is 0 Å². The van der Waals surface area contributed by atoms with Crippen LogP contribution >= 0.6 is 0 Å². The van der Waals surface area contributed by atoms with E-state index in [0.717, 1.165) is 49.3 Å². The molecule has 2 aromatic rings. The Bertz CT molecular complexity index is 756. The zero-order chi connectivity index (χ0) is 20.4. The third kappa shape index (κ3) is 6.80. The average Bonchev–Trinajstić information content (AvgIpc) is 3.01. The van der Waals surface area contributed by atoms with Crippen molar-refractivity contribution in [2.75, 3.05) is 38.8 Å². The molecule has 9 nitrogen and oxygen atoms in total. The van der Waals surface area contributed by atoms with Crippen molar-refractivity contribution in [3.8, 4) is 0 Å². The second kappa shape index (κ2) is 11.2. The molecule has 2 N–H and O–H groups in total. The predicted molar refractivity (Wildman–Crippen MR) is 111 cm³/mol. The Morgan fingerprint density at radius 3 is 2.75 bits per heavy atom. The molecule has 0 aliphatic rings. The molecule has 0 bridgehead atoms. The highest BCUT2D eigenvalue weighted by Crippen LogP contribution is 2.08. The predicted octanol–water partition coefficient (Wildman–Crippen LogP) is 1.25. The van der Waals surface area contributed by atoms with Crippen molar-refractivity contribution in [3.05, 3.63) is 35.5 Å². The van der Waals surface area contributed by atoms with E-state index in [0.29, 0.717) is 19.0 Å². The van der Waals surface area contributed by atoms with Crippen LogP contribution in [0.3, 0.4) is 0 Å². The number of nitrogens with one attached hydrogen (secondary N) is 2. The number of hydrogen-bond donors (Lipinski definition) is 2. The van der Waals surface area contributed by atoms with E-state index < -0.39 is 0 Å². The van der Waals surface area contributed by atoms with Crippen LogP contribution in [-0.2, 0) is 24.9 Å². The average molecular weight is 389 g/mol. The van der Waals surface area contributed by atoms with Gasteiger partial charge in [-0.15, -0.1) is 10.2 Å². The molecule has 0 aromatic carbocycles. The van der Waals surface area contributed by atoms with Crippen LogP contribution in [0.1, 0.15) is 30.7 Å². The maximum atomic E-state index is 5.39. The number of rotatable bonds is 10. The molecule has 0 saturated heterocycles. The quantitative estimate of drug-likeness (QED) is 0.359. The highest BCUT2D eigenvalue weighted by Gasteiger charge is 2.07. The van der Waals surface area contributed by atoms with E-state index in [1.54, 1.807) is 0 Å². The van der Waals surface area contributed by atoms with Gasteiger partial charge in [-0.1, -0.05) is 6.07 Å². The zero-order valence-electron chi connectivity index (χ0n) is 17.6. The third-order valence-corrected chi connectivity index (χ3v) is 4.21. The first-order valence-electron chi connectivity index (χ1n) is 9.59. The minimum Gasteiger partial charge on any atom is -0.382 e. The number of ether oxygens (including phenoxy) is 1. The van der Waals surface area contributed by atoms with Crippen LogP contribution < -0.4 is 15.5 Å². The Morgan fingerprint density at radius 1 is 1.25 bits per heavy atom. The summed E-state index contributed by atoms with van der Waals surface area (Å²) in [5.74, 6) is 3.37. The van der Waals surface area contributed by atoms with Gasteiger partial charge in [-0.3, -0.25) is 0 Å². The topological polar surface area (TPSA) is 92.5 Å². The molecule has 0 aliphatic heterocycles. The summed E-state index contributed by atoms with van der Waals surface area (Å²) in [5.41, 5.74) is 0.913. The lowest BCUT2D eigenvalue weighted by molar-refractivity contribution is 0.145. The summed E-state index contributed by atoms with van der Waals surface area (Å²) in [7, 11) is 5.91. The van der Waals surface area contributed by atoms with Crippen LogP contribution in [0.2, 0.25) is 0 Å². The monoisotopic (exact) mass is 388 g/mol. The van der Waals surface area contributed by atoms with Gasteiger partial charge in [0.25, 0.3) is 0 Å². The molecule has 2 aromatic heterocycles. The van der Waals surface area contributed by atoms with Gasteiger partial charge in [0.2, 0.25) is 0 Å². The molecule has 2 rings (SSSR count). The standard InChI is InChI=1S/C19H32N8O/c1-6-28-12-8-11-20-19(22-14-18-25-24-15(2)27(18)5)21-13-16-9-7-10-17(23-16)26(3)4/h7,9-10H,6,8,11-14H2,1-5H3,(H2,20,21,22). The van der Waals surface area contributed by atoms with E-state index in [2.05, 4.69) is 30.8 Å². The molecule has 0 amide bonds. The summed E-state index contributed by atoms with van der Waals surface area (Å²) in [5, 5.41) is 14.9. The second-order valence-electron chi connectivity index (χ2n) is 6.60. The van der Waals surface area contributed by atoms with E-state index in [-0.39, 0.29) is 0 Å². The third-order valence-electron chi connectivity index (χ3n) is 4.21. The van der Waals surface area contributed by atoms with E-state index >= 15 is 0 Å². The Balaban J connectivity index is 2.00. The summed E-state index contributed by atoms with van der Waals surface area (Å²) >= 11 is 0. The fourth-order valence-corrected chi connectivity index (χ4v) is 2.43. The molecule has 0 aliphatic carbocycles. The Morgan fingerprint density at radius 2 is 2.07 bits per heavy atom. The first kappa shape index (κ1) is 21.6. The van der Waals surface area contributed by atoms with Crippen molar-refractivity contribution >= 4 is 11.8 Å². The van der Waals surface area contributed by atoms with E-state index in [9.17, 15) is 0 Å². The van der Waals surface area contributed by atoms with E-state index in [4.69, 9.17) is 4.74 Å². The lowest BCUT2D eigenvalue weighted by atomic mass is 10.3. The molecule has 0 unspecified atom stereocenters. The largest absolute Gasteiger partial charge is 0.382 e. The molecule has 0 radical (unpaired) electrons. The minimum absolute atomic E-state index is 0.486. The van der Waals surface area contributed by atoms with Crippen molar-refractivity contribution in [3.63, 3.8) is 0 Å². The van der Waals surface area contributed by atoms with Gasteiger partial charge < -0.3 is 24.8 Å². The summed E-state index contributed by atoms with van der Waals surface area (Å²) in [6.07, 6.45) is 0.909. The normalized spacial score (nSPS) is 11.5. The first-order chi connectivity index (χ1) is 13.5. The van der Waals surface area contributed by atoms with E-state index in [1.807, 2.05) is 62.7 Å². The summed E-state index contributed by atoms with van der Waals surface area (Å²) in [6, 6.07) is 5.96. The van der Waals surface area contributed by atoms with Gasteiger partial charge in [-0.25, -0.2) is 9.98 Å².